The van der Waals surface area contributed by atoms with E-state index in [9.17, 15) is 9.59 Å². The van der Waals surface area contributed by atoms with Gasteiger partial charge in [0, 0.05) is 25.2 Å². The van der Waals surface area contributed by atoms with Crippen molar-refractivity contribution in [2.24, 2.45) is 5.92 Å². The van der Waals surface area contributed by atoms with Crippen molar-refractivity contribution in [1.29, 1.82) is 0 Å². The Morgan fingerprint density at radius 1 is 1.04 bits per heavy atom. The van der Waals surface area contributed by atoms with E-state index in [1.165, 1.54) is 12.8 Å². The third kappa shape index (κ3) is 3.79. The van der Waals surface area contributed by atoms with E-state index in [-0.39, 0.29) is 24.2 Å². The summed E-state index contributed by atoms with van der Waals surface area (Å²) in [5.74, 6) is 0.351. The summed E-state index contributed by atoms with van der Waals surface area (Å²) in [5, 5.41) is 0. The Balaban J connectivity index is 1.61. The average molecular weight is 366 g/mol. The SMILES string of the molecule is CC(C)COC(=O)N1CCC(N2C(=O)N(C(C)C)[C@H]3CCCC[C@@H]32)CC1. The molecule has 6 heteroatoms. The van der Waals surface area contributed by atoms with E-state index in [1.54, 1.807) is 4.90 Å². The highest BCUT2D eigenvalue weighted by molar-refractivity contribution is 5.79. The molecule has 3 rings (SSSR count). The zero-order chi connectivity index (χ0) is 18.8. The molecule has 26 heavy (non-hydrogen) atoms. The Morgan fingerprint density at radius 3 is 2.23 bits per heavy atom. The van der Waals surface area contributed by atoms with Crippen LogP contribution in [0.25, 0.3) is 0 Å². The first-order valence-corrected chi connectivity index (χ1v) is 10.4. The first kappa shape index (κ1) is 19.3. The van der Waals surface area contributed by atoms with Crippen molar-refractivity contribution < 1.29 is 14.3 Å². The lowest BCUT2D eigenvalue weighted by Crippen LogP contribution is -2.51. The summed E-state index contributed by atoms with van der Waals surface area (Å²) in [5.41, 5.74) is 0. The van der Waals surface area contributed by atoms with Crippen LogP contribution in [-0.2, 0) is 4.74 Å². The molecule has 6 nitrogen and oxygen atoms in total. The number of ether oxygens (including phenoxy) is 1. The lowest BCUT2D eigenvalue weighted by atomic mass is 9.88. The van der Waals surface area contributed by atoms with Crippen LogP contribution >= 0.6 is 0 Å². The van der Waals surface area contributed by atoms with Crippen molar-refractivity contribution in [3.05, 3.63) is 0 Å². The molecule has 2 aliphatic heterocycles. The number of fused-ring (bicyclic) bond motifs is 1. The van der Waals surface area contributed by atoms with Crippen LogP contribution in [0.3, 0.4) is 0 Å². The van der Waals surface area contributed by atoms with Gasteiger partial charge in [-0.1, -0.05) is 26.7 Å². The maximum atomic E-state index is 13.2. The van der Waals surface area contributed by atoms with Crippen molar-refractivity contribution in [2.75, 3.05) is 19.7 Å². The van der Waals surface area contributed by atoms with Crippen LogP contribution in [0.4, 0.5) is 9.59 Å². The summed E-state index contributed by atoms with van der Waals surface area (Å²) in [6.45, 7) is 10.2. The van der Waals surface area contributed by atoms with Crippen molar-refractivity contribution >= 4 is 12.1 Å². The number of rotatable bonds is 4. The van der Waals surface area contributed by atoms with Crippen LogP contribution in [-0.4, -0.2) is 70.7 Å². The van der Waals surface area contributed by atoms with Gasteiger partial charge in [0.1, 0.15) is 0 Å². The predicted molar refractivity (Wildman–Crippen MR) is 101 cm³/mol. The van der Waals surface area contributed by atoms with Gasteiger partial charge < -0.3 is 19.4 Å². The van der Waals surface area contributed by atoms with E-state index in [0.29, 0.717) is 37.7 Å². The van der Waals surface area contributed by atoms with E-state index < -0.39 is 0 Å². The molecule has 0 radical (unpaired) electrons. The van der Waals surface area contributed by atoms with Crippen LogP contribution in [0.5, 0.6) is 0 Å². The topological polar surface area (TPSA) is 53.1 Å². The van der Waals surface area contributed by atoms with Crippen LogP contribution < -0.4 is 0 Å². The van der Waals surface area contributed by atoms with Gasteiger partial charge in [-0.15, -0.1) is 0 Å². The van der Waals surface area contributed by atoms with Gasteiger partial charge in [-0.2, -0.15) is 0 Å². The lowest BCUT2D eigenvalue weighted by molar-refractivity contribution is 0.0660. The Hall–Kier alpha value is -1.46. The lowest BCUT2D eigenvalue weighted by Gasteiger charge is -2.40. The minimum absolute atomic E-state index is 0.204. The van der Waals surface area contributed by atoms with Crippen molar-refractivity contribution in [2.45, 2.75) is 90.4 Å². The summed E-state index contributed by atoms with van der Waals surface area (Å²) in [6, 6.07) is 1.47. The second-order valence-corrected chi connectivity index (χ2v) is 8.80. The van der Waals surface area contributed by atoms with Gasteiger partial charge in [0.05, 0.1) is 18.7 Å². The minimum atomic E-state index is -0.204. The average Bonchev–Trinajstić information content (AvgIpc) is 2.91. The van der Waals surface area contributed by atoms with E-state index >= 15 is 0 Å². The number of nitrogens with zero attached hydrogens (tertiary/aromatic N) is 3. The van der Waals surface area contributed by atoms with Crippen LogP contribution in [0.15, 0.2) is 0 Å². The molecule has 0 bridgehead atoms. The zero-order valence-corrected chi connectivity index (χ0v) is 16.8. The second-order valence-electron chi connectivity index (χ2n) is 8.80. The van der Waals surface area contributed by atoms with Gasteiger partial charge >= 0.3 is 12.1 Å². The fourth-order valence-corrected chi connectivity index (χ4v) is 4.84. The van der Waals surface area contributed by atoms with Gasteiger partial charge in [0.25, 0.3) is 0 Å². The molecule has 2 saturated heterocycles. The monoisotopic (exact) mass is 365 g/mol. The minimum Gasteiger partial charge on any atom is -0.449 e. The molecule has 148 valence electrons. The maximum Gasteiger partial charge on any atom is 0.409 e. The number of piperidine rings is 1. The van der Waals surface area contributed by atoms with Gasteiger partial charge in [-0.3, -0.25) is 0 Å². The first-order valence-electron chi connectivity index (χ1n) is 10.4. The molecule has 0 aromatic heterocycles. The molecule has 0 unspecified atom stereocenters. The molecule has 3 aliphatic rings. The molecule has 2 heterocycles. The van der Waals surface area contributed by atoms with E-state index in [4.69, 9.17) is 4.74 Å². The smallest absolute Gasteiger partial charge is 0.409 e. The predicted octanol–water partition coefficient (Wildman–Crippen LogP) is 3.70. The zero-order valence-electron chi connectivity index (χ0n) is 16.8. The van der Waals surface area contributed by atoms with Gasteiger partial charge in [0.2, 0.25) is 0 Å². The van der Waals surface area contributed by atoms with E-state index in [0.717, 1.165) is 25.7 Å². The van der Waals surface area contributed by atoms with Crippen molar-refractivity contribution in [3.8, 4) is 0 Å². The highest BCUT2D eigenvalue weighted by Gasteiger charge is 2.50. The molecule has 1 saturated carbocycles. The van der Waals surface area contributed by atoms with Gasteiger partial charge in [-0.25, -0.2) is 9.59 Å². The van der Waals surface area contributed by atoms with Gasteiger partial charge in [-0.05, 0) is 45.4 Å². The van der Waals surface area contributed by atoms with Crippen molar-refractivity contribution in [1.82, 2.24) is 14.7 Å². The van der Waals surface area contributed by atoms with E-state index in [2.05, 4.69) is 23.6 Å². The number of likely N-dealkylation sites (tertiary alicyclic amines) is 1. The quantitative estimate of drug-likeness (QED) is 0.763. The largest absolute Gasteiger partial charge is 0.449 e. The van der Waals surface area contributed by atoms with Crippen LogP contribution in [0.2, 0.25) is 0 Å². The summed E-state index contributed by atoms with van der Waals surface area (Å²) >= 11 is 0. The number of urea groups is 1. The van der Waals surface area contributed by atoms with Crippen LogP contribution in [0.1, 0.15) is 66.2 Å². The molecule has 0 spiro atoms. The molecule has 3 fully saturated rings. The number of carbonyl (C=O) groups excluding carboxylic acids is 2. The summed E-state index contributed by atoms with van der Waals surface area (Å²) < 4.78 is 5.36. The molecule has 2 atom stereocenters. The Morgan fingerprint density at radius 2 is 1.65 bits per heavy atom. The summed E-state index contributed by atoms with van der Waals surface area (Å²) in [4.78, 5) is 31.4. The Labute approximate surface area is 157 Å². The number of carbonyl (C=O) groups is 2. The summed E-state index contributed by atoms with van der Waals surface area (Å²) in [6.07, 6.45) is 6.21. The fourth-order valence-electron chi connectivity index (χ4n) is 4.84. The van der Waals surface area contributed by atoms with Crippen LogP contribution in [0, 0.1) is 5.92 Å². The third-order valence-electron chi connectivity index (χ3n) is 6.06. The molecular formula is C20H35N3O3. The fraction of sp³-hybridized carbons (Fsp3) is 0.900. The van der Waals surface area contributed by atoms with E-state index in [1.807, 2.05) is 13.8 Å². The molecule has 0 N–H and O–H groups in total. The Kier molecular flexibility index (Phi) is 5.98. The highest BCUT2D eigenvalue weighted by atomic mass is 16.6. The summed E-state index contributed by atoms with van der Waals surface area (Å²) in [7, 11) is 0. The third-order valence-corrected chi connectivity index (χ3v) is 6.06. The number of hydrogen-bond donors (Lipinski definition) is 0. The standard InChI is InChI=1S/C20H35N3O3/c1-14(2)13-26-20(25)21-11-9-16(10-12-21)23-18-8-6-5-7-17(18)22(15(3)4)19(23)24/h14-18H,5-13H2,1-4H3/t17-,18-/m0/s1. The normalized spacial score (nSPS) is 27.5. The number of amides is 3. The molecule has 1 aliphatic carbocycles. The maximum absolute atomic E-state index is 13.2. The molecule has 0 aromatic carbocycles. The first-order chi connectivity index (χ1) is 12.4. The highest BCUT2D eigenvalue weighted by Crippen LogP contribution is 2.38. The molecular weight excluding hydrogens is 330 g/mol. The van der Waals surface area contributed by atoms with Crippen molar-refractivity contribution in [3.63, 3.8) is 0 Å². The number of hydrogen-bond acceptors (Lipinski definition) is 3. The van der Waals surface area contributed by atoms with Gasteiger partial charge in [0.15, 0.2) is 0 Å². The second kappa shape index (κ2) is 8.05. The Bertz CT molecular complexity index is 514. The molecule has 0 aromatic rings. The molecule has 3 amide bonds.